The lowest BCUT2D eigenvalue weighted by Crippen LogP contribution is -2.30. The molecule has 0 N–H and O–H groups in total. The molecule has 0 bridgehead atoms. The van der Waals surface area contributed by atoms with Crippen LogP contribution in [0.2, 0.25) is 0 Å². The van der Waals surface area contributed by atoms with Crippen LogP contribution >= 0.6 is 0 Å². The largest absolute Gasteiger partial charge is 0.462 e. The highest BCUT2D eigenvalue weighted by molar-refractivity contribution is 5.71. The lowest BCUT2D eigenvalue weighted by atomic mass is 10.0. The Kier molecular flexibility index (Phi) is 51.9. The van der Waals surface area contributed by atoms with Crippen LogP contribution in [0, 0.1) is 0 Å². The number of hydrogen-bond donors (Lipinski definition) is 0. The molecule has 6 heteroatoms. The highest BCUT2D eigenvalue weighted by Gasteiger charge is 2.19. The summed E-state index contributed by atoms with van der Waals surface area (Å²) < 4.78 is 16.8. The SMILES string of the molecule is CC/C=C\C/C=C\C/C=C\CCCCC(=O)OCC(COC(=O)CCCCCCCCCCCCCCCCCCCCC)OC(=O)CCCCCCC\C=C/C=C\C=C/C=C\C=C/CCC. The van der Waals surface area contributed by atoms with Crippen LogP contribution in [0.1, 0.15) is 252 Å². The lowest BCUT2D eigenvalue weighted by Gasteiger charge is -2.18. The summed E-state index contributed by atoms with van der Waals surface area (Å²) in [6.07, 6.45) is 72.6. The molecule has 0 radical (unpaired) electrons. The van der Waals surface area contributed by atoms with E-state index in [1.54, 1.807) is 0 Å². The Balaban J connectivity index is 4.43. The first-order valence-electron chi connectivity index (χ1n) is 27.8. The molecule has 67 heavy (non-hydrogen) atoms. The molecule has 0 aromatic carbocycles. The fraction of sp³-hybridized carbons (Fsp3) is 0.689. The van der Waals surface area contributed by atoms with Gasteiger partial charge in [0.15, 0.2) is 6.10 Å². The number of unbranched alkanes of at least 4 members (excludes halogenated alkanes) is 26. The van der Waals surface area contributed by atoms with Gasteiger partial charge >= 0.3 is 17.9 Å². The maximum Gasteiger partial charge on any atom is 0.306 e. The van der Waals surface area contributed by atoms with Crippen molar-refractivity contribution in [3.05, 3.63) is 97.2 Å². The van der Waals surface area contributed by atoms with E-state index in [4.69, 9.17) is 14.2 Å². The summed E-state index contributed by atoms with van der Waals surface area (Å²) in [6.45, 7) is 6.39. The van der Waals surface area contributed by atoms with Gasteiger partial charge in [0.05, 0.1) is 0 Å². The molecule has 1 unspecified atom stereocenters. The van der Waals surface area contributed by atoms with Crippen molar-refractivity contribution < 1.29 is 28.6 Å². The zero-order chi connectivity index (χ0) is 48.6. The van der Waals surface area contributed by atoms with Gasteiger partial charge in [-0.3, -0.25) is 14.4 Å². The summed E-state index contributed by atoms with van der Waals surface area (Å²) >= 11 is 0. The molecule has 1 atom stereocenters. The molecule has 0 aliphatic carbocycles. The summed E-state index contributed by atoms with van der Waals surface area (Å²) in [4.78, 5) is 38.1. The first kappa shape index (κ1) is 63.3. The van der Waals surface area contributed by atoms with Gasteiger partial charge in [-0.25, -0.2) is 0 Å². The summed E-state index contributed by atoms with van der Waals surface area (Å²) in [5.74, 6) is -0.963. The van der Waals surface area contributed by atoms with Crippen molar-refractivity contribution in [1.29, 1.82) is 0 Å². The van der Waals surface area contributed by atoms with Gasteiger partial charge in [0.2, 0.25) is 0 Å². The van der Waals surface area contributed by atoms with Crippen molar-refractivity contribution in [3.63, 3.8) is 0 Å². The summed E-state index contributed by atoms with van der Waals surface area (Å²) in [5, 5.41) is 0. The fourth-order valence-electron chi connectivity index (χ4n) is 7.55. The van der Waals surface area contributed by atoms with Crippen LogP contribution in [0.4, 0.5) is 0 Å². The Morgan fingerprint density at radius 3 is 1.13 bits per heavy atom. The predicted octanol–water partition coefficient (Wildman–Crippen LogP) is 18.5. The highest BCUT2D eigenvalue weighted by atomic mass is 16.6. The zero-order valence-electron chi connectivity index (χ0n) is 43.6. The number of carbonyl (C=O) groups is 3. The van der Waals surface area contributed by atoms with Crippen molar-refractivity contribution in [3.8, 4) is 0 Å². The molecule has 0 aliphatic rings. The molecular formula is C61H102O6. The number of ether oxygens (including phenoxy) is 3. The predicted molar refractivity (Wildman–Crippen MR) is 288 cm³/mol. The van der Waals surface area contributed by atoms with Crippen molar-refractivity contribution in [2.45, 2.75) is 258 Å². The quantitative estimate of drug-likeness (QED) is 0.0199. The van der Waals surface area contributed by atoms with Crippen molar-refractivity contribution in [2.75, 3.05) is 13.2 Å². The van der Waals surface area contributed by atoms with Crippen LogP contribution in [-0.4, -0.2) is 37.2 Å². The Morgan fingerprint density at radius 1 is 0.328 bits per heavy atom. The average molecular weight is 931 g/mol. The van der Waals surface area contributed by atoms with Gasteiger partial charge in [-0.15, -0.1) is 0 Å². The van der Waals surface area contributed by atoms with E-state index in [0.29, 0.717) is 19.3 Å². The first-order chi connectivity index (χ1) is 33.0. The normalized spacial score (nSPS) is 12.8. The molecule has 382 valence electrons. The van der Waals surface area contributed by atoms with Crippen LogP contribution in [0.15, 0.2) is 97.2 Å². The molecule has 0 saturated heterocycles. The summed E-state index contributed by atoms with van der Waals surface area (Å²) in [5.41, 5.74) is 0. The van der Waals surface area contributed by atoms with Gasteiger partial charge in [0, 0.05) is 19.3 Å². The second-order valence-corrected chi connectivity index (χ2v) is 18.2. The smallest absolute Gasteiger partial charge is 0.306 e. The minimum absolute atomic E-state index is 0.0993. The topological polar surface area (TPSA) is 78.9 Å². The van der Waals surface area contributed by atoms with Gasteiger partial charge in [-0.05, 0) is 70.6 Å². The molecule has 0 saturated carbocycles. The van der Waals surface area contributed by atoms with E-state index in [9.17, 15) is 14.4 Å². The zero-order valence-corrected chi connectivity index (χ0v) is 43.6. The van der Waals surface area contributed by atoms with Crippen LogP contribution < -0.4 is 0 Å². The van der Waals surface area contributed by atoms with Gasteiger partial charge < -0.3 is 14.2 Å². The number of allylic oxidation sites excluding steroid dienone is 16. The average Bonchev–Trinajstić information content (AvgIpc) is 3.33. The monoisotopic (exact) mass is 931 g/mol. The van der Waals surface area contributed by atoms with Crippen LogP contribution in [0.3, 0.4) is 0 Å². The van der Waals surface area contributed by atoms with Gasteiger partial charge in [-0.2, -0.15) is 0 Å². The number of carbonyl (C=O) groups excluding carboxylic acids is 3. The molecule has 0 amide bonds. The molecule has 0 heterocycles. The van der Waals surface area contributed by atoms with E-state index in [0.717, 1.165) is 103 Å². The van der Waals surface area contributed by atoms with Gasteiger partial charge in [0.1, 0.15) is 13.2 Å². The minimum Gasteiger partial charge on any atom is -0.462 e. The van der Waals surface area contributed by atoms with Crippen molar-refractivity contribution >= 4 is 17.9 Å². The maximum absolute atomic E-state index is 12.8. The van der Waals surface area contributed by atoms with Gasteiger partial charge in [0.25, 0.3) is 0 Å². The van der Waals surface area contributed by atoms with E-state index in [-0.39, 0.29) is 31.1 Å². The Bertz CT molecular complexity index is 1350. The van der Waals surface area contributed by atoms with Crippen LogP contribution in [-0.2, 0) is 28.6 Å². The number of rotatable bonds is 49. The second kappa shape index (κ2) is 54.9. The number of hydrogen-bond acceptors (Lipinski definition) is 6. The molecule has 0 fully saturated rings. The maximum atomic E-state index is 12.8. The van der Waals surface area contributed by atoms with Crippen LogP contribution in [0.25, 0.3) is 0 Å². The highest BCUT2D eigenvalue weighted by Crippen LogP contribution is 2.16. The Morgan fingerprint density at radius 2 is 0.672 bits per heavy atom. The summed E-state index contributed by atoms with van der Waals surface area (Å²) in [7, 11) is 0. The van der Waals surface area contributed by atoms with Crippen molar-refractivity contribution in [1.82, 2.24) is 0 Å². The minimum atomic E-state index is -0.806. The molecular weight excluding hydrogens is 829 g/mol. The Hall–Kier alpha value is -3.67. The molecule has 0 spiro atoms. The van der Waals surface area contributed by atoms with Crippen molar-refractivity contribution in [2.24, 2.45) is 0 Å². The van der Waals surface area contributed by atoms with Crippen LogP contribution in [0.5, 0.6) is 0 Å². The third-order valence-electron chi connectivity index (χ3n) is 11.7. The standard InChI is InChI=1S/C61H102O6/c1-4-7-10-13-16-19-22-25-27-29-31-33-34-36-39-42-45-48-51-54-60(63)66-57-58(56-65-59(62)53-50-47-44-41-38-24-21-18-15-12-9-6-3)67-61(64)55-52-49-46-43-40-37-35-32-30-28-26-23-20-17-14-11-8-5-2/h9,11-12,14,17-18,20-21,23,26,28,30,32,35,38,41,58H,4-8,10,13,15-16,19,22,24-25,27,29,31,33-34,36-37,39-40,42-57H2,1-3H3/b12-9-,14-11-,20-17-,21-18-,26-23-,30-28-,35-32-,41-38-. The first-order valence-corrected chi connectivity index (χ1v) is 27.8. The van der Waals surface area contributed by atoms with Gasteiger partial charge in [-0.1, -0.05) is 259 Å². The third kappa shape index (κ3) is 53.2. The second-order valence-electron chi connectivity index (χ2n) is 18.2. The van der Waals surface area contributed by atoms with E-state index in [1.165, 1.54) is 109 Å². The Labute approximate surface area is 413 Å². The van der Waals surface area contributed by atoms with E-state index in [2.05, 4.69) is 93.7 Å². The summed E-state index contributed by atoms with van der Waals surface area (Å²) in [6, 6.07) is 0. The lowest BCUT2D eigenvalue weighted by molar-refractivity contribution is -0.167. The van der Waals surface area contributed by atoms with E-state index in [1.807, 2.05) is 24.3 Å². The number of esters is 3. The van der Waals surface area contributed by atoms with E-state index >= 15 is 0 Å². The molecule has 0 aromatic heterocycles. The van der Waals surface area contributed by atoms with E-state index < -0.39 is 6.10 Å². The molecule has 0 aromatic rings. The molecule has 6 nitrogen and oxygen atoms in total. The molecule has 0 aliphatic heterocycles. The third-order valence-corrected chi connectivity index (χ3v) is 11.7. The fourth-order valence-corrected chi connectivity index (χ4v) is 7.55. The molecule has 0 rings (SSSR count).